The van der Waals surface area contributed by atoms with E-state index in [-0.39, 0.29) is 0 Å². The molecule has 1 aliphatic rings. The second-order valence-electron chi connectivity index (χ2n) is 9.61. The summed E-state index contributed by atoms with van der Waals surface area (Å²) in [4.78, 5) is 6.88. The monoisotopic (exact) mass is 546 g/mol. The van der Waals surface area contributed by atoms with Crippen LogP contribution in [0.2, 0.25) is 0 Å². The number of para-hydroxylation sites is 1. The van der Waals surface area contributed by atoms with Crippen molar-refractivity contribution < 1.29 is 13.2 Å². The first kappa shape index (κ1) is 25.3. The molecule has 4 heterocycles. The minimum Gasteiger partial charge on any atom is -0.379 e. The van der Waals surface area contributed by atoms with Crippen LogP contribution in [0.3, 0.4) is 0 Å². The molecule has 0 bridgehead atoms. The molecule has 11 nitrogen and oxygen atoms in total. The molecule has 12 heteroatoms. The fraction of sp³-hybridized carbons (Fsp3) is 0.296. The van der Waals surface area contributed by atoms with Gasteiger partial charge in [0, 0.05) is 43.3 Å². The number of aromatic nitrogens is 5. The normalized spacial score (nSPS) is 14.7. The van der Waals surface area contributed by atoms with Crippen molar-refractivity contribution in [1.82, 2.24) is 29.3 Å². The smallest absolute Gasteiger partial charge is 0.245 e. The Morgan fingerprint density at radius 3 is 2.67 bits per heavy atom. The van der Waals surface area contributed by atoms with E-state index in [2.05, 4.69) is 26.4 Å². The highest BCUT2D eigenvalue weighted by molar-refractivity contribution is 7.92. The molecule has 1 aliphatic heterocycles. The van der Waals surface area contributed by atoms with Gasteiger partial charge in [-0.2, -0.15) is 5.10 Å². The van der Waals surface area contributed by atoms with E-state index in [9.17, 15) is 8.42 Å². The van der Waals surface area contributed by atoms with Crippen molar-refractivity contribution >= 4 is 43.8 Å². The van der Waals surface area contributed by atoms with E-state index in [1.54, 1.807) is 23.8 Å². The fourth-order valence-corrected chi connectivity index (χ4v) is 5.36. The molecule has 0 spiro atoms. The van der Waals surface area contributed by atoms with Crippen molar-refractivity contribution in [3.05, 3.63) is 67.0 Å². The van der Waals surface area contributed by atoms with Crippen LogP contribution in [-0.4, -0.2) is 83.8 Å². The maximum atomic E-state index is 12.2. The number of ether oxygens (including phenoxy) is 1. The molecule has 1 N–H and O–H groups in total. The highest BCUT2D eigenvalue weighted by atomic mass is 32.2. The third-order valence-corrected chi connectivity index (χ3v) is 8.24. The van der Waals surface area contributed by atoms with Gasteiger partial charge in [-0.15, -0.1) is 5.10 Å². The van der Waals surface area contributed by atoms with E-state index >= 15 is 0 Å². The molecule has 0 saturated carbocycles. The molecule has 39 heavy (non-hydrogen) atoms. The summed E-state index contributed by atoms with van der Waals surface area (Å²) in [7, 11) is -1.88. The minimum absolute atomic E-state index is 0.424. The number of sulfonamides is 1. The largest absolute Gasteiger partial charge is 0.379 e. The molecule has 0 atom stereocenters. The van der Waals surface area contributed by atoms with E-state index in [4.69, 9.17) is 9.84 Å². The lowest BCUT2D eigenvalue weighted by Crippen LogP contribution is -2.38. The van der Waals surface area contributed by atoms with Crippen LogP contribution in [0.1, 0.15) is 0 Å². The van der Waals surface area contributed by atoms with Gasteiger partial charge in [-0.3, -0.25) is 13.9 Å². The number of fused-ring (bicyclic) bond motifs is 2. The zero-order chi connectivity index (χ0) is 27.0. The number of morpholine rings is 1. The Morgan fingerprint density at radius 1 is 1.03 bits per heavy atom. The molecule has 1 saturated heterocycles. The van der Waals surface area contributed by atoms with E-state index in [0.717, 1.165) is 72.8 Å². The summed E-state index contributed by atoms with van der Waals surface area (Å²) in [5, 5.41) is 13.7. The van der Waals surface area contributed by atoms with Crippen molar-refractivity contribution in [3.63, 3.8) is 0 Å². The molecule has 2 aromatic carbocycles. The Morgan fingerprint density at radius 2 is 1.85 bits per heavy atom. The number of hydrogen-bond acceptors (Lipinski definition) is 8. The molecular formula is C27H30N8O3S. The van der Waals surface area contributed by atoms with Crippen LogP contribution in [0.5, 0.6) is 0 Å². The number of benzene rings is 2. The molecule has 3 aromatic heterocycles. The standard InChI is InChI=1S/C27H30N8O3S/c1-32(39(2,36)37)25-6-4-3-5-23(25)26-10-8-22-19-28-27(31-35(22)26)30-21-7-9-24-20(17-21)18-29-34(24)12-11-33-13-15-38-16-14-33/h3-10,17-19H,11-16H2,1-2H3,(H,30,31). The van der Waals surface area contributed by atoms with Gasteiger partial charge in [0.05, 0.1) is 60.8 Å². The van der Waals surface area contributed by atoms with E-state index in [1.807, 2.05) is 53.3 Å². The second-order valence-corrected chi connectivity index (χ2v) is 11.6. The van der Waals surface area contributed by atoms with Gasteiger partial charge in [-0.05, 0) is 36.4 Å². The highest BCUT2D eigenvalue weighted by Gasteiger charge is 2.19. The van der Waals surface area contributed by atoms with E-state index in [1.165, 1.54) is 10.6 Å². The van der Waals surface area contributed by atoms with Gasteiger partial charge in [0.15, 0.2) is 0 Å². The van der Waals surface area contributed by atoms with Crippen molar-refractivity contribution in [2.75, 3.05) is 55.8 Å². The van der Waals surface area contributed by atoms with Crippen LogP contribution >= 0.6 is 0 Å². The molecule has 0 radical (unpaired) electrons. The SMILES string of the molecule is CN(c1ccccc1-c1ccc2cnc(Nc3ccc4c(cnn4CCN4CCOCC4)c3)nn12)S(C)(=O)=O. The van der Waals surface area contributed by atoms with Crippen LogP contribution in [0.15, 0.2) is 67.0 Å². The number of nitrogens with zero attached hydrogens (tertiary/aromatic N) is 7. The maximum Gasteiger partial charge on any atom is 0.245 e. The number of nitrogens with one attached hydrogen (secondary N) is 1. The van der Waals surface area contributed by atoms with Crippen LogP contribution < -0.4 is 9.62 Å². The van der Waals surface area contributed by atoms with Crippen molar-refractivity contribution in [1.29, 1.82) is 0 Å². The third-order valence-electron chi connectivity index (χ3n) is 7.04. The topological polar surface area (TPSA) is 110 Å². The van der Waals surface area contributed by atoms with Gasteiger partial charge < -0.3 is 10.1 Å². The summed E-state index contributed by atoms with van der Waals surface area (Å²) in [6.07, 6.45) is 4.81. The average molecular weight is 547 g/mol. The van der Waals surface area contributed by atoms with Gasteiger partial charge in [-0.1, -0.05) is 18.2 Å². The summed E-state index contributed by atoms with van der Waals surface area (Å²) in [5.41, 5.74) is 4.80. The van der Waals surface area contributed by atoms with Gasteiger partial charge in [0.2, 0.25) is 16.0 Å². The molecule has 0 unspecified atom stereocenters. The first-order valence-corrected chi connectivity index (χ1v) is 14.6. The molecule has 6 rings (SSSR count). The second kappa shape index (κ2) is 10.3. The quantitative estimate of drug-likeness (QED) is 0.316. The molecule has 0 amide bonds. The van der Waals surface area contributed by atoms with Crippen LogP contribution in [0, 0.1) is 0 Å². The predicted molar refractivity (Wildman–Crippen MR) is 152 cm³/mol. The van der Waals surface area contributed by atoms with Gasteiger partial charge in [-0.25, -0.2) is 17.9 Å². The Bertz CT molecular complexity index is 1740. The summed E-state index contributed by atoms with van der Waals surface area (Å²) in [6, 6.07) is 17.3. The van der Waals surface area contributed by atoms with Crippen molar-refractivity contribution in [3.8, 4) is 11.3 Å². The summed E-state index contributed by atoms with van der Waals surface area (Å²) in [6.45, 7) is 5.26. The van der Waals surface area contributed by atoms with Crippen molar-refractivity contribution in [2.24, 2.45) is 0 Å². The number of anilines is 3. The lowest BCUT2D eigenvalue weighted by atomic mass is 10.1. The predicted octanol–water partition coefficient (Wildman–Crippen LogP) is 3.22. The highest BCUT2D eigenvalue weighted by Crippen LogP contribution is 2.32. The van der Waals surface area contributed by atoms with Gasteiger partial charge in [0.25, 0.3) is 0 Å². The first-order chi connectivity index (χ1) is 18.9. The third kappa shape index (κ3) is 5.18. The van der Waals surface area contributed by atoms with Gasteiger partial charge in [0.1, 0.15) is 0 Å². The van der Waals surface area contributed by atoms with Crippen LogP contribution in [0.4, 0.5) is 17.3 Å². The fourth-order valence-electron chi connectivity index (χ4n) is 4.84. The molecule has 5 aromatic rings. The minimum atomic E-state index is -3.43. The Hall–Kier alpha value is -4.00. The first-order valence-electron chi connectivity index (χ1n) is 12.8. The number of rotatable bonds is 8. The molecule has 0 aliphatic carbocycles. The lowest BCUT2D eigenvalue weighted by molar-refractivity contribution is 0.0361. The Kier molecular flexibility index (Phi) is 6.67. The molecule has 202 valence electrons. The average Bonchev–Trinajstić information content (AvgIpc) is 3.55. The Balaban J connectivity index is 1.25. The summed E-state index contributed by atoms with van der Waals surface area (Å²) in [5.74, 6) is 0.424. The number of hydrogen-bond donors (Lipinski definition) is 1. The van der Waals surface area contributed by atoms with E-state index in [0.29, 0.717) is 11.6 Å². The zero-order valence-corrected chi connectivity index (χ0v) is 22.7. The van der Waals surface area contributed by atoms with Crippen molar-refractivity contribution in [2.45, 2.75) is 6.54 Å². The lowest BCUT2D eigenvalue weighted by Gasteiger charge is -2.26. The zero-order valence-electron chi connectivity index (χ0n) is 21.9. The van der Waals surface area contributed by atoms with E-state index < -0.39 is 10.0 Å². The van der Waals surface area contributed by atoms with Crippen LogP contribution in [0.25, 0.3) is 27.7 Å². The Labute approximate surface area is 226 Å². The van der Waals surface area contributed by atoms with Crippen LogP contribution in [-0.2, 0) is 21.3 Å². The summed E-state index contributed by atoms with van der Waals surface area (Å²) >= 11 is 0. The molecule has 1 fully saturated rings. The maximum absolute atomic E-state index is 12.2. The molecular weight excluding hydrogens is 516 g/mol. The van der Waals surface area contributed by atoms with Gasteiger partial charge >= 0.3 is 0 Å². The summed E-state index contributed by atoms with van der Waals surface area (Å²) < 4.78 is 35.0.